The molecule has 0 fully saturated rings. The van der Waals surface area contributed by atoms with Crippen molar-refractivity contribution in [2.45, 2.75) is 13.8 Å². The van der Waals surface area contributed by atoms with Crippen LogP contribution < -0.4 is 5.59 Å². The van der Waals surface area contributed by atoms with Crippen LogP contribution in [0.15, 0.2) is 12.1 Å². The molecule has 0 aliphatic rings. The maximum Gasteiger partial charge on any atom is 0.141 e. The third kappa shape index (κ3) is 7.35. The molecule has 0 saturated carbocycles. The van der Waals surface area contributed by atoms with Gasteiger partial charge in [0, 0.05) is 14.5 Å². The van der Waals surface area contributed by atoms with Gasteiger partial charge in [0.25, 0.3) is 0 Å². The van der Waals surface area contributed by atoms with Crippen LogP contribution in [-0.2, 0) is 0 Å². The molecular weight excluding hydrogens is 304 g/mol. The number of hydrogen-bond donors (Lipinski definition) is 0. The van der Waals surface area contributed by atoms with Crippen molar-refractivity contribution in [1.82, 2.24) is 19.9 Å². The number of nitrogens with zero attached hydrogens (tertiary/aromatic N) is 4. The van der Waals surface area contributed by atoms with E-state index in [4.69, 9.17) is 42.6 Å². The fourth-order valence-corrected chi connectivity index (χ4v) is 1.79. The lowest BCUT2D eigenvalue weighted by molar-refractivity contribution is 1.05. The molecule has 0 atom stereocenters. The van der Waals surface area contributed by atoms with Crippen molar-refractivity contribution in [3.63, 3.8) is 0 Å². The van der Waals surface area contributed by atoms with Gasteiger partial charge in [0.2, 0.25) is 0 Å². The van der Waals surface area contributed by atoms with Crippen molar-refractivity contribution in [3.8, 4) is 0 Å². The summed E-state index contributed by atoms with van der Waals surface area (Å²) in [6, 6.07) is 3.00. The first-order valence-corrected chi connectivity index (χ1v) is 5.93. The van der Waals surface area contributed by atoms with E-state index in [-0.39, 0.29) is 8.41 Å². The zero-order chi connectivity index (χ0) is 13.7. The SMILES string of the molecule is Cc1nc(Cl)cc(Cl)n1.[BH].[B]c1cc(Cl)nc(C)n1. The predicted octanol–water partition coefficient (Wildman–Crippen LogP) is 1.68. The molecule has 9 heteroatoms. The van der Waals surface area contributed by atoms with Crippen molar-refractivity contribution in [3.05, 3.63) is 39.2 Å². The molecule has 4 radical (unpaired) electrons. The van der Waals surface area contributed by atoms with Crippen LogP contribution in [0.25, 0.3) is 0 Å². The largest absolute Gasteiger partial charge is 0.250 e. The van der Waals surface area contributed by atoms with Gasteiger partial charge in [0.05, 0.1) is 0 Å². The molecule has 0 aliphatic carbocycles. The van der Waals surface area contributed by atoms with E-state index in [2.05, 4.69) is 19.9 Å². The van der Waals surface area contributed by atoms with Gasteiger partial charge in [-0.1, -0.05) is 34.8 Å². The molecule has 0 spiro atoms. The second-order valence-corrected chi connectivity index (χ2v) is 4.39. The molecule has 19 heavy (non-hydrogen) atoms. The van der Waals surface area contributed by atoms with Gasteiger partial charge in [-0.05, 0) is 25.5 Å². The van der Waals surface area contributed by atoms with Crippen LogP contribution in [0.4, 0.5) is 0 Å². The highest BCUT2D eigenvalue weighted by molar-refractivity contribution is 6.34. The fourth-order valence-electron chi connectivity index (χ4n) is 1.05. The Bertz CT molecular complexity index is 404. The minimum atomic E-state index is 0. The lowest BCUT2D eigenvalue weighted by atomic mass is 10.1. The van der Waals surface area contributed by atoms with Gasteiger partial charge in [-0.3, -0.25) is 0 Å². The van der Waals surface area contributed by atoms with E-state index in [1.807, 2.05) is 0 Å². The number of hydrogen-bond acceptors (Lipinski definition) is 4. The second kappa shape index (κ2) is 8.35. The molecule has 4 nitrogen and oxygen atoms in total. The summed E-state index contributed by atoms with van der Waals surface area (Å²) < 4.78 is 0. The average Bonchev–Trinajstić information content (AvgIpc) is 2.12. The Morgan fingerprint density at radius 2 is 1.16 bits per heavy atom. The summed E-state index contributed by atoms with van der Waals surface area (Å²) in [6.07, 6.45) is 0. The zero-order valence-corrected chi connectivity index (χ0v) is 12.6. The van der Waals surface area contributed by atoms with Gasteiger partial charge in [-0.15, -0.1) is 0 Å². The second-order valence-electron chi connectivity index (χ2n) is 3.22. The van der Waals surface area contributed by atoms with E-state index in [0.29, 0.717) is 32.7 Å². The van der Waals surface area contributed by atoms with Gasteiger partial charge < -0.3 is 0 Å². The highest BCUT2D eigenvalue weighted by Gasteiger charge is 1.94. The van der Waals surface area contributed by atoms with Crippen molar-refractivity contribution in [2.24, 2.45) is 0 Å². The molecule has 2 aromatic rings. The van der Waals surface area contributed by atoms with Crippen LogP contribution in [0.3, 0.4) is 0 Å². The molecule has 2 aromatic heterocycles. The van der Waals surface area contributed by atoms with Crippen LogP contribution in [0, 0.1) is 13.8 Å². The minimum absolute atomic E-state index is 0. The van der Waals surface area contributed by atoms with Gasteiger partial charge >= 0.3 is 0 Å². The maximum absolute atomic E-state index is 5.52. The van der Waals surface area contributed by atoms with Crippen molar-refractivity contribution < 1.29 is 0 Å². The summed E-state index contributed by atoms with van der Waals surface area (Å²) in [4.78, 5) is 15.2. The highest BCUT2D eigenvalue weighted by Crippen LogP contribution is 2.10. The summed E-state index contributed by atoms with van der Waals surface area (Å²) >= 11 is 16.5. The topological polar surface area (TPSA) is 51.6 Å². The van der Waals surface area contributed by atoms with E-state index in [1.54, 1.807) is 13.8 Å². The Kier molecular flexibility index (Phi) is 7.99. The van der Waals surface area contributed by atoms with Crippen molar-refractivity contribution in [2.75, 3.05) is 0 Å². The number of halogens is 3. The van der Waals surface area contributed by atoms with E-state index in [9.17, 15) is 0 Å². The third-order valence-corrected chi connectivity index (χ3v) is 2.18. The van der Waals surface area contributed by atoms with Gasteiger partial charge in [0.1, 0.15) is 35.0 Å². The van der Waals surface area contributed by atoms with Crippen LogP contribution in [0.2, 0.25) is 15.5 Å². The lowest BCUT2D eigenvalue weighted by Crippen LogP contribution is -2.10. The van der Waals surface area contributed by atoms with Gasteiger partial charge in [-0.25, -0.2) is 19.9 Å². The molecule has 0 N–H and O–H groups in total. The van der Waals surface area contributed by atoms with Crippen LogP contribution in [0.1, 0.15) is 11.6 Å². The summed E-state index contributed by atoms with van der Waals surface area (Å²) in [7, 11) is 5.32. The van der Waals surface area contributed by atoms with Crippen molar-refractivity contribution in [1.29, 1.82) is 0 Å². The quantitative estimate of drug-likeness (QED) is 0.548. The van der Waals surface area contributed by atoms with Gasteiger partial charge in [0.15, 0.2) is 0 Å². The molecule has 0 bridgehead atoms. The van der Waals surface area contributed by atoms with E-state index >= 15 is 0 Å². The first-order valence-electron chi connectivity index (χ1n) is 4.80. The number of aromatic nitrogens is 4. The number of aryl methyl sites for hydroxylation is 2. The zero-order valence-electron chi connectivity index (χ0n) is 10.4. The van der Waals surface area contributed by atoms with Gasteiger partial charge in [-0.2, -0.15) is 0 Å². The standard InChI is InChI=1S/C5H4BClN2.C5H4Cl2N2.BH/c2*1-3-8-4(6)2-5(7)9-3;/h2*2H,1H3;1H. The highest BCUT2D eigenvalue weighted by atomic mass is 35.5. The molecule has 0 aromatic carbocycles. The molecule has 0 unspecified atom stereocenters. The lowest BCUT2D eigenvalue weighted by Gasteiger charge is -1.94. The third-order valence-electron chi connectivity index (χ3n) is 1.60. The summed E-state index contributed by atoms with van der Waals surface area (Å²) in [5.41, 5.74) is 0.410. The van der Waals surface area contributed by atoms with E-state index < -0.39 is 0 Å². The Morgan fingerprint density at radius 3 is 1.47 bits per heavy atom. The molecule has 0 aliphatic heterocycles. The maximum atomic E-state index is 5.52. The Balaban J connectivity index is 0.000000324. The molecule has 0 saturated heterocycles. The fraction of sp³-hybridized carbons (Fsp3) is 0.200. The smallest absolute Gasteiger partial charge is 0.141 e. The number of rotatable bonds is 0. The average molecular weight is 313 g/mol. The monoisotopic (exact) mass is 312 g/mol. The summed E-state index contributed by atoms with van der Waals surface area (Å²) in [5.74, 6) is 1.19. The predicted molar refractivity (Wildman–Crippen MR) is 81.1 cm³/mol. The van der Waals surface area contributed by atoms with E-state index in [0.717, 1.165) is 0 Å². The molecule has 2 rings (SSSR count). The van der Waals surface area contributed by atoms with E-state index in [1.165, 1.54) is 12.1 Å². The van der Waals surface area contributed by atoms with Crippen molar-refractivity contribution >= 4 is 56.7 Å². The summed E-state index contributed by atoms with van der Waals surface area (Å²) in [5, 5.41) is 1.15. The molecule has 2 heterocycles. The Morgan fingerprint density at radius 1 is 0.789 bits per heavy atom. The minimum Gasteiger partial charge on any atom is -0.250 e. The first-order chi connectivity index (χ1) is 8.36. The normalized spacial score (nSPS) is 9.11. The summed E-state index contributed by atoms with van der Waals surface area (Å²) in [6.45, 7) is 3.47. The van der Waals surface area contributed by atoms with Crippen LogP contribution in [-0.4, -0.2) is 36.2 Å². The molecule has 0 amide bonds. The Hall–Kier alpha value is -0.840. The molecule has 96 valence electrons. The Labute approximate surface area is 129 Å². The van der Waals surface area contributed by atoms with Crippen LogP contribution in [0.5, 0.6) is 0 Å². The first kappa shape index (κ1) is 18.2. The molecular formula is C10H9B2Cl3N4. The van der Waals surface area contributed by atoms with Crippen LogP contribution >= 0.6 is 34.8 Å².